The Balaban J connectivity index is 1.73. The Labute approximate surface area is 144 Å². The molecule has 4 fully saturated rings. The molecule has 0 aromatic rings. The van der Waals surface area contributed by atoms with Crippen LogP contribution in [0.3, 0.4) is 0 Å². The highest BCUT2D eigenvalue weighted by molar-refractivity contribution is 5.81. The summed E-state index contributed by atoms with van der Waals surface area (Å²) >= 11 is 0. The number of aliphatic carboxylic acids is 1. The summed E-state index contributed by atoms with van der Waals surface area (Å²) in [6.45, 7) is 4.45. The summed E-state index contributed by atoms with van der Waals surface area (Å²) in [5.74, 6) is 0.645. The van der Waals surface area contributed by atoms with Crippen molar-refractivity contribution in [3.8, 4) is 0 Å². The van der Waals surface area contributed by atoms with Crippen LogP contribution in [0.4, 0.5) is 0 Å². The van der Waals surface area contributed by atoms with Gasteiger partial charge in [0.15, 0.2) is 0 Å². The smallest absolute Gasteiger partial charge is 0.306 e. The van der Waals surface area contributed by atoms with Crippen molar-refractivity contribution >= 4 is 11.8 Å². The largest absolute Gasteiger partial charge is 0.481 e. The molecule has 0 saturated heterocycles. The maximum absolute atomic E-state index is 12.5. The number of aliphatic hydroxyl groups excluding tert-OH is 1. The molecule has 24 heavy (non-hydrogen) atoms. The Kier molecular flexibility index (Phi) is 3.49. The maximum Gasteiger partial charge on any atom is 0.306 e. The second-order valence-electron chi connectivity index (χ2n) is 9.91. The highest BCUT2D eigenvalue weighted by atomic mass is 16.4. The number of hydrogen-bond donors (Lipinski definition) is 2. The molecule has 2 bridgehead atoms. The monoisotopic (exact) mass is 334 g/mol. The number of carbonyl (C=O) groups is 2. The van der Waals surface area contributed by atoms with Gasteiger partial charge in [0.1, 0.15) is 5.78 Å². The summed E-state index contributed by atoms with van der Waals surface area (Å²) in [5, 5.41) is 19.7. The van der Waals surface area contributed by atoms with Crippen molar-refractivity contribution in [3.05, 3.63) is 0 Å². The lowest BCUT2D eigenvalue weighted by Crippen LogP contribution is -2.59. The van der Waals surface area contributed by atoms with Crippen molar-refractivity contribution in [2.45, 2.75) is 65.2 Å². The molecule has 4 aliphatic carbocycles. The van der Waals surface area contributed by atoms with Gasteiger partial charge in [-0.1, -0.05) is 13.8 Å². The lowest BCUT2D eigenvalue weighted by atomic mass is 9.41. The summed E-state index contributed by atoms with van der Waals surface area (Å²) in [6.07, 6.45) is 7.17. The van der Waals surface area contributed by atoms with Gasteiger partial charge < -0.3 is 10.2 Å². The van der Waals surface area contributed by atoms with E-state index in [1.54, 1.807) is 0 Å². The van der Waals surface area contributed by atoms with Crippen molar-refractivity contribution in [2.75, 3.05) is 6.61 Å². The molecule has 4 saturated carbocycles. The first-order valence-corrected chi connectivity index (χ1v) is 9.59. The molecule has 0 heterocycles. The normalized spacial score (nSPS) is 53.4. The van der Waals surface area contributed by atoms with Crippen LogP contribution in [0.1, 0.15) is 65.2 Å². The fourth-order valence-electron chi connectivity index (χ4n) is 7.95. The van der Waals surface area contributed by atoms with E-state index < -0.39 is 5.97 Å². The number of Topliss-reactive ketones (excluding diaryl/α,β-unsaturated/α-hetero) is 1. The van der Waals surface area contributed by atoms with Gasteiger partial charge in [-0.3, -0.25) is 9.59 Å². The van der Waals surface area contributed by atoms with E-state index in [1.807, 2.05) is 0 Å². The van der Waals surface area contributed by atoms with E-state index >= 15 is 0 Å². The van der Waals surface area contributed by atoms with E-state index in [4.69, 9.17) is 0 Å². The first-order valence-electron chi connectivity index (χ1n) is 9.59. The number of hydrogen-bond acceptors (Lipinski definition) is 3. The Morgan fingerprint density at radius 1 is 1.12 bits per heavy atom. The average Bonchev–Trinajstić information content (AvgIpc) is 2.77. The Hall–Kier alpha value is -0.900. The van der Waals surface area contributed by atoms with E-state index in [-0.39, 0.29) is 34.6 Å². The third-order valence-corrected chi connectivity index (χ3v) is 8.65. The Morgan fingerprint density at radius 2 is 1.88 bits per heavy atom. The number of ketones is 1. The molecule has 0 radical (unpaired) electrons. The van der Waals surface area contributed by atoms with Gasteiger partial charge in [0.25, 0.3) is 0 Å². The molecule has 1 spiro atoms. The zero-order valence-corrected chi connectivity index (χ0v) is 14.9. The fourth-order valence-corrected chi connectivity index (χ4v) is 7.95. The molecule has 0 aliphatic heterocycles. The molecule has 0 aromatic carbocycles. The van der Waals surface area contributed by atoms with Crippen molar-refractivity contribution in [2.24, 2.45) is 39.9 Å². The van der Waals surface area contributed by atoms with Crippen LogP contribution in [0.25, 0.3) is 0 Å². The zero-order valence-electron chi connectivity index (χ0n) is 14.9. The Morgan fingerprint density at radius 3 is 2.54 bits per heavy atom. The first-order chi connectivity index (χ1) is 11.2. The summed E-state index contributed by atoms with van der Waals surface area (Å²) in [5.41, 5.74) is -0.234. The molecule has 4 rings (SSSR count). The number of rotatable bonds is 2. The molecule has 4 aliphatic rings. The Bertz CT molecular complexity index is 586. The van der Waals surface area contributed by atoms with Crippen LogP contribution in [-0.4, -0.2) is 28.6 Å². The quantitative estimate of drug-likeness (QED) is 0.813. The van der Waals surface area contributed by atoms with Crippen LogP contribution in [-0.2, 0) is 9.59 Å². The number of carbonyl (C=O) groups excluding carboxylic acids is 1. The SMILES string of the molecule is C[C@@]1(CO)CC(=O)C[C@]2(C)[C@@H]1CC[C@@]13C[C@@H](CC[C@H]12)[C@@H](C(=O)O)C3. The van der Waals surface area contributed by atoms with Crippen molar-refractivity contribution in [3.63, 3.8) is 0 Å². The van der Waals surface area contributed by atoms with E-state index in [0.29, 0.717) is 30.6 Å². The van der Waals surface area contributed by atoms with Crippen LogP contribution in [0.5, 0.6) is 0 Å². The molecule has 134 valence electrons. The third-order valence-electron chi connectivity index (χ3n) is 8.65. The number of aliphatic hydroxyl groups is 1. The molecular formula is C20H30O4. The number of carboxylic acids is 1. The van der Waals surface area contributed by atoms with E-state index in [1.165, 1.54) is 0 Å². The third kappa shape index (κ3) is 2.01. The van der Waals surface area contributed by atoms with Crippen LogP contribution in [0, 0.1) is 39.9 Å². The zero-order chi connectivity index (χ0) is 17.3. The highest BCUT2D eigenvalue weighted by Crippen LogP contribution is 2.71. The lowest BCUT2D eigenvalue weighted by Gasteiger charge is -2.63. The first kappa shape index (κ1) is 16.6. The van der Waals surface area contributed by atoms with E-state index in [2.05, 4.69) is 13.8 Å². The molecule has 0 amide bonds. The standard InChI is InChI=1S/C20H30O4/c1-18(11-21)8-13(22)9-19(2)15(18)5-6-20-7-12(3-4-16(19)20)14(10-20)17(23)24/h12,14-16,21H,3-11H2,1-2H3,(H,23,24)/t12-,14+,15-,16+,18+,19-,20+/m1/s1. The van der Waals surface area contributed by atoms with Gasteiger partial charge in [0.2, 0.25) is 0 Å². The van der Waals surface area contributed by atoms with E-state index in [0.717, 1.165) is 38.5 Å². The second kappa shape index (κ2) is 5.06. The molecular weight excluding hydrogens is 304 g/mol. The van der Waals surface area contributed by atoms with Crippen LogP contribution >= 0.6 is 0 Å². The summed E-state index contributed by atoms with van der Waals surface area (Å²) in [7, 11) is 0. The molecule has 4 nitrogen and oxygen atoms in total. The number of fused-ring (bicyclic) bond motifs is 3. The fraction of sp³-hybridized carbons (Fsp3) is 0.900. The summed E-state index contributed by atoms with van der Waals surface area (Å²) in [4.78, 5) is 24.2. The molecule has 4 heteroatoms. The van der Waals surface area contributed by atoms with Crippen LogP contribution in [0.2, 0.25) is 0 Å². The minimum atomic E-state index is -0.621. The summed E-state index contributed by atoms with van der Waals surface area (Å²) in [6, 6.07) is 0. The van der Waals surface area contributed by atoms with Crippen LogP contribution in [0.15, 0.2) is 0 Å². The van der Waals surface area contributed by atoms with Gasteiger partial charge in [-0.25, -0.2) is 0 Å². The number of carboxylic acid groups (broad SMARTS) is 1. The second-order valence-corrected chi connectivity index (χ2v) is 9.91. The van der Waals surface area contributed by atoms with Crippen molar-refractivity contribution in [1.82, 2.24) is 0 Å². The van der Waals surface area contributed by atoms with Crippen LogP contribution < -0.4 is 0 Å². The molecule has 7 atom stereocenters. The lowest BCUT2D eigenvalue weighted by molar-refractivity contribution is -0.170. The van der Waals surface area contributed by atoms with Gasteiger partial charge in [0.05, 0.1) is 5.92 Å². The van der Waals surface area contributed by atoms with E-state index in [9.17, 15) is 19.8 Å². The molecule has 0 unspecified atom stereocenters. The van der Waals surface area contributed by atoms with Crippen molar-refractivity contribution < 1.29 is 19.8 Å². The minimum Gasteiger partial charge on any atom is -0.481 e. The predicted molar refractivity (Wildman–Crippen MR) is 89.3 cm³/mol. The highest BCUT2D eigenvalue weighted by Gasteiger charge is 2.66. The molecule has 0 aromatic heterocycles. The van der Waals surface area contributed by atoms with Gasteiger partial charge >= 0.3 is 5.97 Å². The van der Waals surface area contributed by atoms with Gasteiger partial charge in [-0.2, -0.15) is 0 Å². The maximum atomic E-state index is 12.5. The van der Waals surface area contributed by atoms with Crippen molar-refractivity contribution in [1.29, 1.82) is 0 Å². The average molecular weight is 334 g/mol. The molecule has 2 N–H and O–H groups in total. The van der Waals surface area contributed by atoms with Gasteiger partial charge in [0, 0.05) is 24.9 Å². The topological polar surface area (TPSA) is 74.6 Å². The van der Waals surface area contributed by atoms with Gasteiger partial charge in [-0.15, -0.1) is 0 Å². The van der Waals surface area contributed by atoms with Gasteiger partial charge in [-0.05, 0) is 67.1 Å². The predicted octanol–water partition coefficient (Wildman–Crippen LogP) is 3.27. The minimum absolute atomic E-state index is 0.0660. The summed E-state index contributed by atoms with van der Waals surface area (Å²) < 4.78 is 0.